The molecule has 1 aromatic rings. The fourth-order valence-electron chi connectivity index (χ4n) is 1.51. The van der Waals surface area contributed by atoms with E-state index in [-0.39, 0.29) is 12.5 Å². The molecule has 0 aliphatic rings. The average molecular weight is 211 g/mol. The second-order valence-electron chi connectivity index (χ2n) is 3.45. The van der Waals surface area contributed by atoms with E-state index in [0.29, 0.717) is 13.0 Å². The quantitative estimate of drug-likeness (QED) is 0.743. The summed E-state index contributed by atoms with van der Waals surface area (Å²) in [7, 11) is 1.61. The van der Waals surface area contributed by atoms with Crippen LogP contribution in [0.4, 0.5) is 0 Å². The Balaban J connectivity index is 2.74. The first-order valence-corrected chi connectivity index (χ1v) is 4.94. The van der Waals surface area contributed by atoms with Crippen LogP contribution in [0.1, 0.15) is 23.4 Å². The molecule has 0 aromatic carbocycles. The molecule has 2 N–H and O–H groups in total. The van der Waals surface area contributed by atoms with E-state index in [9.17, 15) is 4.79 Å². The van der Waals surface area contributed by atoms with Crippen molar-refractivity contribution >= 4 is 5.91 Å². The lowest BCUT2D eigenvalue weighted by molar-refractivity contribution is -0.120. The van der Waals surface area contributed by atoms with Gasteiger partial charge in [0.2, 0.25) is 5.91 Å². The molecule has 0 spiro atoms. The summed E-state index contributed by atoms with van der Waals surface area (Å²) in [4.78, 5) is 11.1. The smallest absolute Gasteiger partial charge is 0.221 e. The first-order valence-electron chi connectivity index (χ1n) is 4.94. The molecule has 0 aliphatic carbocycles. The van der Waals surface area contributed by atoms with Crippen LogP contribution in [0.5, 0.6) is 0 Å². The Kier molecular flexibility index (Phi) is 3.85. The molecular formula is C10H17N3O2. The molecule has 15 heavy (non-hydrogen) atoms. The van der Waals surface area contributed by atoms with Gasteiger partial charge in [0.15, 0.2) is 0 Å². The number of nitrogens with zero attached hydrogens (tertiary/aromatic N) is 2. The fraction of sp³-hybridized carbons (Fsp3) is 0.600. The van der Waals surface area contributed by atoms with Crippen LogP contribution in [0.25, 0.3) is 0 Å². The Morgan fingerprint density at radius 3 is 2.67 bits per heavy atom. The summed E-state index contributed by atoms with van der Waals surface area (Å²) in [6.07, 6.45) is 0.406. The SMILES string of the molecule is CNC(=O)CCn1nc(C)c(CO)c1C. The molecule has 0 fully saturated rings. The number of carbonyl (C=O) groups is 1. The van der Waals surface area contributed by atoms with Crippen molar-refractivity contribution in [1.82, 2.24) is 15.1 Å². The number of aryl methyl sites for hydroxylation is 2. The molecule has 0 aliphatic heterocycles. The summed E-state index contributed by atoms with van der Waals surface area (Å²) in [6, 6.07) is 0. The lowest BCUT2D eigenvalue weighted by Gasteiger charge is -2.03. The van der Waals surface area contributed by atoms with Crippen molar-refractivity contribution in [2.75, 3.05) is 7.05 Å². The number of carbonyl (C=O) groups excluding carboxylic acids is 1. The zero-order valence-electron chi connectivity index (χ0n) is 9.37. The van der Waals surface area contributed by atoms with Gasteiger partial charge in [-0.25, -0.2) is 0 Å². The maximum Gasteiger partial charge on any atom is 0.221 e. The minimum atomic E-state index is -0.00639. The molecule has 0 atom stereocenters. The molecule has 84 valence electrons. The second-order valence-corrected chi connectivity index (χ2v) is 3.45. The van der Waals surface area contributed by atoms with Gasteiger partial charge in [-0.1, -0.05) is 0 Å². The van der Waals surface area contributed by atoms with Crippen LogP contribution >= 0.6 is 0 Å². The van der Waals surface area contributed by atoms with Crippen molar-refractivity contribution in [1.29, 1.82) is 0 Å². The molecule has 0 saturated carbocycles. The fourth-order valence-corrected chi connectivity index (χ4v) is 1.51. The monoisotopic (exact) mass is 211 g/mol. The van der Waals surface area contributed by atoms with E-state index in [1.165, 1.54) is 0 Å². The standard InChI is InChI=1S/C10H17N3O2/c1-7-9(6-14)8(2)13(12-7)5-4-10(15)11-3/h14H,4-6H2,1-3H3,(H,11,15). The highest BCUT2D eigenvalue weighted by molar-refractivity contribution is 5.75. The Bertz CT molecular complexity index is 358. The van der Waals surface area contributed by atoms with E-state index in [0.717, 1.165) is 17.0 Å². The van der Waals surface area contributed by atoms with Crippen LogP contribution in [0.15, 0.2) is 0 Å². The summed E-state index contributed by atoms with van der Waals surface area (Å²) in [5.41, 5.74) is 2.61. The van der Waals surface area contributed by atoms with E-state index in [1.54, 1.807) is 11.7 Å². The average Bonchev–Trinajstić information content (AvgIpc) is 2.50. The predicted molar refractivity (Wildman–Crippen MR) is 56.3 cm³/mol. The van der Waals surface area contributed by atoms with E-state index in [2.05, 4.69) is 10.4 Å². The Labute approximate surface area is 89.1 Å². The van der Waals surface area contributed by atoms with Crippen molar-refractivity contribution < 1.29 is 9.90 Å². The highest BCUT2D eigenvalue weighted by atomic mass is 16.3. The van der Waals surface area contributed by atoms with Gasteiger partial charge < -0.3 is 10.4 Å². The number of hydrogen-bond acceptors (Lipinski definition) is 3. The van der Waals surface area contributed by atoms with Gasteiger partial charge in [-0.2, -0.15) is 5.10 Å². The molecular weight excluding hydrogens is 194 g/mol. The number of amides is 1. The van der Waals surface area contributed by atoms with E-state index < -0.39 is 0 Å². The molecule has 0 saturated heterocycles. The molecule has 0 bridgehead atoms. The second kappa shape index (κ2) is 4.93. The highest BCUT2D eigenvalue weighted by Gasteiger charge is 2.10. The molecule has 1 rings (SSSR count). The van der Waals surface area contributed by atoms with E-state index in [1.807, 2.05) is 13.8 Å². The van der Waals surface area contributed by atoms with Gasteiger partial charge in [-0.15, -0.1) is 0 Å². The zero-order valence-corrected chi connectivity index (χ0v) is 9.37. The van der Waals surface area contributed by atoms with Gasteiger partial charge in [0.25, 0.3) is 0 Å². The number of aliphatic hydroxyl groups is 1. The number of aliphatic hydroxyl groups excluding tert-OH is 1. The largest absolute Gasteiger partial charge is 0.392 e. The van der Waals surface area contributed by atoms with E-state index in [4.69, 9.17) is 5.11 Å². The first-order chi connectivity index (χ1) is 7.10. The molecule has 1 amide bonds. The Morgan fingerprint density at radius 1 is 1.53 bits per heavy atom. The first kappa shape index (κ1) is 11.7. The van der Waals surface area contributed by atoms with Crippen LogP contribution < -0.4 is 5.32 Å². The third-order valence-corrected chi connectivity index (χ3v) is 2.52. The molecule has 1 heterocycles. The minimum absolute atomic E-state index is 0.00234. The van der Waals surface area contributed by atoms with E-state index >= 15 is 0 Å². The normalized spacial score (nSPS) is 10.4. The van der Waals surface area contributed by atoms with Gasteiger partial charge in [-0.3, -0.25) is 9.48 Å². The van der Waals surface area contributed by atoms with Gasteiger partial charge in [0.1, 0.15) is 0 Å². The van der Waals surface area contributed by atoms with Crippen LogP contribution in [0, 0.1) is 13.8 Å². The third kappa shape index (κ3) is 2.56. The predicted octanol–water partition coefficient (Wildman–Crippen LogP) is 0.128. The number of aromatic nitrogens is 2. The van der Waals surface area contributed by atoms with Crippen molar-refractivity contribution in [2.45, 2.75) is 33.4 Å². The lowest BCUT2D eigenvalue weighted by atomic mass is 10.2. The molecule has 1 aromatic heterocycles. The topological polar surface area (TPSA) is 67.2 Å². The maximum absolute atomic E-state index is 11.1. The Morgan fingerprint density at radius 2 is 2.20 bits per heavy atom. The van der Waals surface area contributed by atoms with Gasteiger partial charge in [0, 0.05) is 31.3 Å². The summed E-state index contributed by atoms with van der Waals surface area (Å²) < 4.78 is 1.76. The molecule has 0 unspecified atom stereocenters. The molecule has 5 nitrogen and oxygen atoms in total. The van der Waals surface area contributed by atoms with Crippen LogP contribution in [0.3, 0.4) is 0 Å². The Hall–Kier alpha value is -1.36. The summed E-state index contributed by atoms with van der Waals surface area (Å²) in [6.45, 7) is 4.30. The number of hydrogen-bond donors (Lipinski definition) is 2. The number of rotatable bonds is 4. The van der Waals surface area contributed by atoms with Crippen molar-refractivity contribution in [3.63, 3.8) is 0 Å². The minimum Gasteiger partial charge on any atom is -0.392 e. The van der Waals surface area contributed by atoms with Gasteiger partial charge in [-0.05, 0) is 13.8 Å². The number of nitrogens with one attached hydrogen (secondary N) is 1. The highest BCUT2D eigenvalue weighted by Crippen LogP contribution is 2.12. The van der Waals surface area contributed by atoms with Crippen LogP contribution in [0.2, 0.25) is 0 Å². The van der Waals surface area contributed by atoms with Crippen molar-refractivity contribution in [2.24, 2.45) is 0 Å². The third-order valence-electron chi connectivity index (χ3n) is 2.52. The van der Waals surface area contributed by atoms with Gasteiger partial charge in [0.05, 0.1) is 12.3 Å². The van der Waals surface area contributed by atoms with Gasteiger partial charge >= 0.3 is 0 Å². The summed E-state index contributed by atoms with van der Waals surface area (Å²) in [5, 5.41) is 15.9. The molecule has 5 heteroatoms. The van der Waals surface area contributed by atoms with Crippen LogP contribution in [-0.4, -0.2) is 27.8 Å². The summed E-state index contributed by atoms with van der Waals surface area (Å²) in [5.74, 6) is -0.00639. The lowest BCUT2D eigenvalue weighted by Crippen LogP contribution is -2.20. The molecule has 0 radical (unpaired) electrons. The van der Waals surface area contributed by atoms with Crippen LogP contribution in [-0.2, 0) is 17.9 Å². The van der Waals surface area contributed by atoms with Crippen molar-refractivity contribution in [3.05, 3.63) is 17.0 Å². The zero-order chi connectivity index (χ0) is 11.4. The van der Waals surface area contributed by atoms with Crippen molar-refractivity contribution in [3.8, 4) is 0 Å². The maximum atomic E-state index is 11.1. The summed E-state index contributed by atoms with van der Waals surface area (Å²) >= 11 is 0.